The Labute approximate surface area is 82.1 Å². The van der Waals surface area contributed by atoms with E-state index in [9.17, 15) is 22.4 Å². The minimum atomic E-state index is -5.01. The predicted molar refractivity (Wildman–Crippen MR) is 43.1 cm³/mol. The van der Waals surface area contributed by atoms with Crippen LogP contribution in [0.2, 0.25) is 0 Å². The summed E-state index contributed by atoms with van der Waals surface area (Å²) in [7, 11) is 0. The lowest BCUT2D eigenvalue weighted by Crippen LogP contribution is -2.14. The maximum Gasteiger partial charge on any atom is 0.420 e. The SMILES string of the molecule is CC(=O)c1c(O)ccc(F)c1C(F)(F)F. The second-order valence-electron chi connectivity index (χ2n) is 2.87. The zero-order chi connectivity index (χ0) is 11.8. The van der Waals surface area contributed by atoms with Gasteiger partial charge >= 0.3 is 6.18 Å². The number of hydrogen-bond acceptors (Lipinski definition) is 2. The molecule has 2 nitrogen and oxygen atoms in total. The van der Waals surface area contributed by atoms with Crippen LogP contribution in [0.4, 0.5) is 17.6 Å². The average Bonchev–Trinajstić information content (AvgIpc) is 2.05. The molecule has 1 aromatic carbocycles. The molecule has 0 atom stereocenters. The van der Waals surface area contributed by atoms with Crippen LogP contribution >= 0.6 is 0 Å². The van der Waals surface area contributed by atoms with Crippen LogP contribution in [0.5, 0.6) is 5.75 Å². The Morgan fingerprint density at radius 3 is 2.20 bits per heavy atom. The third kappa shape index (κ3) is 2.08. The molecule has 1 aromatic rings. The van der Waals surface area contributed by atoms with Gasteiger partial charge in [-0.2, -0.15) is 13.2 Å². The highest BCUT2D eigenvalue weighted by Crippen LogP contribution is 2.37. The summed E-state index contributed by atoms with van der Waals surface area (Å²) < 4.78 is 49.9. The number of hydrogen-bond donors (Lipinski definition) is 1. The van der Waals surface area contributed by atoms with Crippen molar-refractivity contribution in [2.75, 3.05) is 0 Å². The highest BCUT2D eigenvalue weighted by molar-refractivity contribution is 5.98. The number of carbonyl (C=O) groups excluding carboxylic acids is 1. The number of Topliss-reactive ketones (excluding diaryl/α,β-unsaturated/α-hetero) is 1. The van der Waals surface area contributed by atoms with Crippen molar-refractivity contribution in [3.8, 4) is 5.75 Å². The summed E-state index contributed by atoms with van der Waals surface area (Å²) in [6, 6.07) is 1.17. The number of phenols is 1. The lowest BCUT2D eigenvalue weighted by Gasteiger charge is -2.12. The molecule has 1 N–H and O–H groups in total. The zero-order valence-corrected chi connectivity index (χ0v) is 7.52. The topological polar surface area (TPSA) is 37.3 Å². The largest absolute Gasteiger partial charge is 0.507 e. The zero-order valence-electron chi connectivity index (χ0n) is 7.52. The quantitative estimate of drug-likeness (QED) is 0.586. The van der Waals surface area contributed by atoms with E-state index in [1.807, 2.05) is 0 Å². The molecule has 0 aliphatic heterocycles. The normalized spacial score (nSPS) is 11.5. The van der Waals surface area contributed by atoms with E-state index in [1.165, 1.54) is 0 Å². The Balaban J connectivity index is 3.60. The maximum atomic E-state index is 12.9. The van der Waals surface area contributed by atoms with Crippen LogP contribution in [0.15, 0.2) is 12.1 Å². The monoisotopic (exact) mass is 222 g/mol. The first-order valence-corrected chi connectivity index (χ1v) is 3.84. The van der Waals surface area contributed by atoms with E-state index in [0.717, 1.165) is 6.92 Å². The molecule has 0 saturated carbocycles. The van der Waals surface area contributed by atoms with Crippen LogP contribution < -0.4 is 0 Å². The molecule has 15 heavy (non-hydrogen) atoms. The van der Waals surface area contributed by atoms with Crippen molar-refractivity contribution < 1.29 is 27.5 Å². The number of halogens is 4. The van der Waals surface area contributed by atoms with Crippen LogP contribution in [-0.2, 0) is 6.18 Å². The molecule has 0 amide bonds. The molecule has 0 bridgehead atoms. The predicted octanol–water partition coefficient (Wildman–Crippen LogP) is 2.75. The minimum absolute atomic E-state index is 0.463. The van der Waals surface area contributed by atoms with Crippen molar-refractivity contribution in [2.24, 2.45) is 0 Å². The number of carbonyl (C=O) groups is 1. The molecule has 82 valence electrons. The number of alkyl halides is 3. The van der Waals surface area contributed by atoms with Gasteiger partial charge in [-0.3, -0.25) is 4.79 Å². The summed E-state index contributed by atoms with van der Waals surface area (Å²) in [4.78, 5) is 10.9. The van der Waals surface area contributed by atoms with E-state index in [-0.39, 0.29) is 0 Å². The molecule has 0 fully saturated rings. The van der Waals surface area contributed by atoms with Gasteiger partial charge in [0, 0.05) is 0 Å². The summed E-state index contributed by atoms with van der Waals surface area (Å²) in [6.45, 7) is 0.823. The number of aromatic hydroxyl groups is 1. The van der Waals surface area contributed by atoms with Crippen molar-refractivity contribution in [2.45, 2.75) is 13.1 Å². The van der Waals surface area contributed by atoms with Gasteiger partial charge < -0.3 is 5.11 Å². The van der Waals surface area contributed by atoms with Gasteiger partial charge in [-0.05, 0) is 19.1 Å². The Morgan fingerprint density at radius 1 is 1.33 bits per heavy atom. The Hall–Kier alpha value is -1.59. The highest BCUT2D eigenvalue weighted by Gasteiger charge is 2.39. The lowest BCUT2D eigenvalue weighted by atomic mass is 10.0. The molecule has 0 aliphatic carbocycles. The van der Waals surface area contributed by atoms with Crippen molar-refractivity contribution in [1.29, 1.82) is 0 Å². The lowest BCUT2D eigenvalue weighted by molar-refractivity contribution is -0.140. The highest BCUT2D eigenvalue weighted by atomic mass is 19.4. The van der Waals surface area contributed by atoms with Crippen molar-refractivity contribution in [1.82, 2.24) is 0 Å². The van der Waals surface area contributed by atoms with E-state index in [2.05, 4.69) is 0 Å². The van der Waals surface area contributed by atoms with Gasteiger partial charge in [-0.15, -0.1) is 0 Å². The second-order valence-corrected chi connectivity index (χ2v) is 2.87. The second kappa shape index (κ2) is 3.52. The first kappa shape index (κ1) is 11.5. The van der Waals surface area contributed by atoms with Crippen LogP contribution in [0, 0.1) is 5.82 Å². The van der Waals surface area contributed by atoms with Crippen molar-refractivity contribution >= 4 is 5.78 Å². The fourth-order valence-electron chi connectivity index (χ4n) is 1.20. The first-order valence-electron chi connectivity index (χ1n) is 3.84. The molecular weight excluding hydrogens is 216 g/mol. The van der Waals surface area contributed by atoms with Crippen molar-refractivity contribution in [3.63, 3.8) is 0 Å². The van der Waals surface area contributed by atoms with Gasteiger partial charge in [0.25, 0.3) is 0 Å². The fourth-order valence-corrected chi connectivity index (χ4v) is 1.20. The molecule has 0 unspecified atom stereocenters. The van der Waals surface area contributed by atoms with E-state index < -0.39 is 34.7 Å². The fraction of sp³-hybridized carbons (Fsp3) is 0.222. The van der Waals surface area contributed by atoms with Gasteiger partial charge in [0.1, 0.15) is 17.1 Å². The van der Waals surface area contributed by atoms with Crippen LogP contribution in [0.1, 0.15) is 22.8 Å². The van der Waals surface area contributed by atoms with E-state index in [0.29, 0.717) is 12.1 Å². The van der Waals surface area contributed by atoms with Crippen molar-refractivity contribution in [3.05, 3.63) is 29.1 Å². The van der Waals surface area contributed by atoms with E-state index in [1.54, 1.807) is 0 Å². The summed E-state index contributed by atoms with van der Waals surface area (Å²) in [5, 5.41) is 9.06. The minimum Gasteiger partial charge on any atom is -0.507 e. The summed E-state index contributed by atoms with van der Waals surface area (Å²) >= 11 is 0. The van der Waals surface area contributed by atoms with Crippen LogP contribution in [0.3, 0.4) is 0 Å². The Morgan fingerprint density at radius 2 is 1.87 bits per heavy atom. The molecule has 1 rings (SSSR count). The van der Waals surface area contributed by atoms with Gasteiger partial charge in [0.2, 0.25) is 0 Å². The molecule has 0 saturated heterocycles. The van der Waals surface area contributed by atoms with Crippen LogP contribution in [-0.4, -0.2) is 10.9 Å². The van der Waals surface area contributed by atoms with E-state index in [4.69, 9.17) is 5.11 Å². The van der Waals surface area contributed by atoms with Gasteiger partial charge in [-0.1, -0.05) is 0 Å². The van der Waals surface area contributed by atoms with E-state index >= 15 is 0 Å². The third-order valence-corrected chi connectivity index (χ3v) is 1.77. The maximum absolute atomic E-state index is 12.9. The smallest absolute Gasteiger partial charge is 0.420 e. The molecular formula is C9H6F4O2. The van der Waals surface area contributed by atoms with Gasteiger partial charge in [0.15, 0.2) is 5.78 Å². The first-order chi connectivity index (χ1) is 6.75. The average molecular weight is 222 g/mol. The molecule has 0 heterocycles. The number of rotatable bonds is 1. The number of ketones is 1. The molecule has 0 radical (unpaired) electrons. The Kier molecular flexibility index (Phi) is 2.70. The summed E-state index contributed by atoms with van der Waals surface area (Å²) in [5.74, 6) is -3.50. The number of phenolic OH excluding ortho intramolecular Hbond substituents is 1. The van der Waals surface area contributed by atoms with Crippen LogP contribution in [0.25, 0.3) is 0 Å². The van der Waals surface area contributed by atoms with Gasteiger partial charge in [-0.25, -0.2) is 4.39 Å². The molecule has 0 aromatic heterocycles. The third-order valence-electron chi connectivity index (χ3n) is 1.77. The Bertz CT molecular complexity index is 409. The van der Waals surface area contributed by atoms with Gasteiger partial charge in [0.05, 0.1) is 5.56 Å². The number of benzene rings is 1. The molecule has 6 heteroatoms. The molecule has 0 aliphatic rings. The summed E-state index contributed by atoms with van der Waals surface area (Å²) in [5.41, 5.74) is -2.77. The molecule has 0 spiro atoms. The standard InChI is InChI=1S/C9H6F4O2/c1-4(14)7-6(15)3-2-5(10)8(7)9(11,12)13/h2-3,15H,1H3. The summed E-state index contributed by atoms with van der Waals surface area (Å²) in [6.07, 6.45) is -5.01.